The summed E-state index contributed by atoms with van der Waals surface area (Å²) < 4.78 is 41.6. The number of sulfonamides is 1. The van der Waals surface area contributed by atoms with E-state index < -0.39 is 87.4 Å². The fourth-order valence-electron chi connectivity index (χ4n) is 6.96. The molecule has 10 N–H and O–H groups in total. The number of nitrogens with one attached hydrogen (secondary N) is 6. The number of hydrogen-bond donors (Lipinski definition) is 8. The molecule has 2 aromatic rings. The third kappa shape index (κ3) is 14.4. The highest BCUT2D eigenvalue weighted by Gasteiger charge is 2.37. The van der Waals surface area contributed by atoms with E-state index in [1.54, 1.807) is 48.5 Å². The average Bonchev–Trinajstić information content (AvgIpc) is 3.53. The fourth-order valence-corrected chi connectivity index (χ4v) is 8.48. The van der Waals surface area contributed by atoms with Gasteiger partial charge in [0.1, 0.15) is 35.5 Å². The summed E-state index contributed by atoms with van der Waals surface area (Å²) in [4.78, 5) is 70.9. The van der Waals surface area contributed by atoms with Crippen molar-refractivity contribution in [3.05, 3.63) is 58.1 Å². The number of amides is 5. The van der Waals surface area contributed by atoms with E-state index in [9.17, 15) is 32.4 Å². The lowest BCUT2D eigenvalue weighted by Gasteiger charge is -2.29. The normalized spacial score (nSPS) is 15.6. The minimum absolute atomic E-state index is 0.0122. The van der Waals surface area contributed by atoms with E-state index in [1.165, 1.54) is 7.05 Å². The van der Waals surface area contributed by atoms with Crippen LogP contribution in [0.5, 0.6) is 5.75 Å². The summed E-state index contributed by atoms with van der Waals surface area (Å²) in [6.45, 7) is 17.2. The van der Waals surface area contributed by atoms with Crippen molar-refractivity contribution in [1.82, 2.24) is 31.3 Å². The predicted octanol–water partition coefficient (Wildman–Crippen LogP) is 1.06. The summed E-state index contributed by atoms with van der Waals surface area (Å²) in [5, 5.41) is 13.2. The van der Waals surface area contributed by atoms with Crippen molar-refractivity contribution >= 4 is 45.5 Å². The van der Waals surface area contributed by atoms with Crippen LogP contribution in [0, 0.1) is 26.7 Å². The van der Waals surface area contributed by atoms with Gasteiger partial charge in [-0.1, -0.05) is 44.2 Å². The van der Waals surface area contributed by atoms with Gasteiger partial charge in [0.15, 0.2) is 0 Å². The Morgan fingerprint density at radius 1 is 0.871 bits per heavy atom. The SMILES string of the molecule is CNC(=O)[C@H](Cc1ccccc1)NC(=O)[C@H](COC(C)(C)C)NC(=O)[C@@H](NC(=O)[C@H](CCCN=C(N)NS(=O)(=O)c1c(C)c(C)c2c(c1C)CC(C)(C)O2)NC(=O)CN)C(C)C. The number of nitrogens with two attached hydrogens (primary N) is 2. The van der Waals surface area contributed by atoms with E-state index >= 15 is 0 Å². The number of carbonyl (C=O) groups excluding carboxylic acids is 5. The molecule has 3 rings (SSSR count). The topological polar surface area (TPSA) is 275 Å². The maximum absolute atomic E-state index is 13.9. The second-order valence-corrected chi connectivity index (χ2v) is 19.1. The molecule has 0 bridgehead atoms. The fraction of sp³-hybridized carbons (Fsp3) is 0.581. The summed E-state index contributed by atoms with van der Waals surface area (Å²) in [6, 6.07) is 4.53. The lowest BCUT2D eigenvalue weighted by Crippen LogP contribution is -2.60. The molecule has 18 nitrogen and oxygen atoms in total. The van der Waals surface area contributed by atoms with Crippen LogP contribution in [0.3, 0.4) is 0 Å². The quantitative estimate of drug-likeness (QED) is 0.0529. The number of nitrogens with zero attached hydrogens (tertiary/aromatic N) is 1. The number of fused-ring (bicyclic) bond motifs is 1. The molecule has 0 fully saturated rings. The van der Waals surface area contributed by atoms with Crippen molar-refractivity contribution < 1.29 is 41.9 Å². The molecule has 19 heteroatoms. The van der Waals surface area contributed by atoms with Crippen LogP contribution in [0.2, 0.25) is 0 Å². The molecule has 0 saturated heterocycles. The molecule has 344 valence electrons. The first-order valence-electron chi connectivity index (χ1n) is 20.7. The first-order valence-corrected chi connectivity index (χ1v) is 22.2. The van der Waals surface area contributed by atoms with E-state index in [0.29, 0.717) is 23.3 Å². The van der Waals surface area contributed by atoms with Gasteiger partial charge in [0.2, 0.25) is 35.5 Å². The van der Waals surface area contributed by atoms with Crippen molar-refractivity contribution in [2.24, 2.45) is 22.4 Å². The first kappa shape index (κ1) is 51.1. The van der Waals surface area contributed by atoms with E-state index in [1.807, 2.05) is 51.1 Å². The van der Waals surface area contributed by atoms with Crippen LogP contribution in [0.25, 0.3) is 0 Å². The van der Waals surface area contributed by atoms with Gasteiger partial charge in [0, 0.05) is 32.0 Å². The zero-order chi connectivity index (χ0) is 46.7. The largest absolute Gasteiger partial charge is 0.487 e. The molecule has 0 spiro atoms. The highest BCUT2D eigenvalue weighted by atomic mass is 32.2. The van der Waals surface area contributed by atoms with Crippen LogP contribution < -0.4 is 47.5 Å². The summed E-state index contributed by atoms with van der Waals surface area (Å²) in [6.07, 6.45) is 0.899. The molecule has 1 heterocycles. The number of ether oxygens (including phenoxy) is 2. The molecule has 0 aromatic heterocycles. The van der Waals surface area contributed by atoms with E-state index in [2.05, 4.69) is 36.3 Å². The van der Waals surface area contributed by atoms with Crippen molar-refractivity contribution in [2.45, 2.75) is 135 Å². The number of likely N-dealkylation sites (N-methyl/N-ethyl adjacent to an activating group) is 1. The molecular formula is C43H67N9O9S. The Labute approximate surface area is 365 Å². The maximum atomic E-state index is 13.9. The van der Waals surface area contributed by atoms with Crippen LogP contribution in [-0.4, -0.2) is 106 Å². The van der Waals surface area contributed by atoms with E-state index in [0.717, 1.165) is 16.7 Å². The monoisotopic (exact) mass is 885 g/mol. The maximum Gasteiger partial charge on any atom is 0.264 e. The minimum Gasteiger partial charge on any atom is -0.487 e. The molecule has 1 aliphatic rings. The molecule has 0 unspecified atom stereocenters. The van der Waals surface area contributed by atoms with E-state index in [4.69, 9.17) is 20.9 Å². The van der Waals surface area contributed by atoms with Crippen LogP contribution in [0.1, 0.15) is 89.1 Å². The second-order valence-electron chi connectivity index (χ2n) is 17.5. The van der Waals surface area contributed by atoms with Gasteiger partial charge in [-0.25, -0.2) is 13.1 Å². The number of benzene rings is 2. The smallest absolute Gasteiger partial charge is 0.264 e. The Morgan fingerprint density at radius 3 is 2.06 bits per heavy atom. The minimum atomic E-state index is -4.15. The van der Waals surface area contributed by atoms with Crippen LogP contribution >= 0.6 is 0 Å². The third-order valence-electron chi connectivity index (χ3n) is 10.3. The predicted molar refractivity (Wildman–Crippen MR) is 237 cm³/mol. The molecular weight excluding hydrogens is 819 g/mol. The lowest BCUT2D eigenvalue weighted by molar-refractivity contribution is -0.137. The Kier molecular flexibility index (Phi) is 17.9. The molecule has 0 aliphatic carbocycles. The van der Waals surface area contributed by atoms with Gasteiger partial charge in [-0.2, -0.15) is 0 Å². The Bertz CT molecular complexity index is 2080. The van der Waals surface area contributed by atoms with E-state index in [-0.39, 0.29) is 43.3 Å². The molecule has 1 aliphatic heterocycles. The number of carbonyl (C=O) groups is 5. The summed E-state index contributed by atoms with van der Waals surface area (Å²) >= 11 is 0. The van der Waals surface area contributed by atoms with Gasteiger partial charge in [-0.15, -0.1) is 0 Å². The Balaban J connectivity index is 1.74. The van der Waals surface area contributed by atoms with Crippen molar-refractivity contribution in [3.63, 3.8) is 0 Å². The molecule has 0 saturated carbocycles. The zero-order valence-electron chi connectivity index (χ0n) is 37.9. The Morgan fingerprint density at radius 2 is 1.48 bits per heavy atom. The summed E-state index contributed by atoms with van der Waals surface area (Å²) in [5.74, 6) is -3.33. The molecule has 2 aromatic carbocycles. The van der Waals surface area contributed by atoms with Crippen molar-refractivity contribution in [3.8, 4) is 5.75 Å². The number of guanidine groups is 1. The van der Waals surface area contributed by atoms with Gasteiger partial charge >= 0.3 is 0 Å². The zero-order valence-corrected chi connectivity index (χ0v) is 38.7. The van der Waals surface area contributed by atoms with Crippen LogP contribution in [0.15, 0.2) is 40.2 Å². The van der Waals surface area contributed by atoms with Gasteiger partial charge in [-0.05, 0) is 96.4 Å². The number of hydrogen-bond acceptors (Lipinski definition) is 11. The van der Waals surface area contributed by atoms with Gasteiger partial charge < -0.3 is 47.5 Å². The number of rotatable bonds is 20. The van der Waals surface area contributed by atoms with Crippen LogP contribution in [-0.2, 0) is 51.6 Å². The lowest BCUT2D eigenvalue weighted by atomic mass is 9.94. The third-order valence-corrected chi connectivity index (χ3v) is 11.9. The standard InChI is InChI=1S/C43H67N9O9S/c1-24(2)34(40(57)50-32(23-60-42(6,7)8)39(56)49-31(37(54)46-11)20-28-16-13-12-14-17-28)51-38(55)30(48-33(53)22-44)18-15-19-47-41(45)52-62(58,59)36-26(4)25(3)35-29(27(36)5)21-43(9,10)61-35/h12-14,16-17,24,30-32,34H,15,18-23,44H2,1-11H3,(H,46,54)(H,48,53)(H,49,56)(H,50,57)(H,51,55)(H3,45,47,52)/t30-,31-,32-,34-/m0/s1. The van der Waals surface area contributed by atoms with Gasteiger partial charge in [0.25, 0.3) is 10.0 Å². The highest BCUT2D eigenvalue weighted by Crippen LogP contribution is 2.43. The highest BCUT2D eigenvalue weighted by molar-refractivity contribution is 7.90. The molecule has 5 amide bonds. The second kappa shape index (κ2) is 21.7. The van der Waals surface area contributed by atoms with Crippen LogP contribution in [0.4, 0.5) is 0 Å². The van der Waals surface area contributed by atoms with Gasteiger partial charge in [-0.3, -0.25) is 29.0 Å². The first-order chi connectivity index (χ1) is 28.8. The molecule has 62 heavy (non-hydrogen) atoms. The molecule has 0 radical (unpaired) electrons. The number of aliphatic imine (C=N–C) groups is 1. The average molecular weight is 886 g/mol. The van der Waals surface area contributed by atoms with Crippen molar-refractivity contribution in [2.75, 3.05) is 26.7 Å². The summed E-state index contributed by atoms with van der Waals surface area (Å²) in [5.41, 5.74) is 13.9. The van der Waals surface area contributed by atoms with Gasteiger partial charge in [0.05, 0.1) is 23.6 Å². The Hall–Kier alpha value is -5.27. The van der Waals surface area contributed by atoms with Crippen molar-refractivity contribution in [1.29, 1.82) is 0 Å². The summed E-state index contributed by atoms with van der Waals surface area (Å²) in [7, 11) is -2.70. The molecule has 4 atom stereocenters.